The molecule has 30 heavy (non-hydrogen) atoms. The van der Waals surface area contributed by atoms with Crippen molar-refractivity contribution in [2.24, 2.45) is 0 Å². The maximum atomic E-state index is 13.1. The van der Waals surface area contributed by atoms with Crippen LogP contribution >= 0.6 is 0 Å². The molecule has 0 saturated carbocycles. The number of likely N-dealkylation sites (tertiary alicyclic amines) is 1. The van der Waals surface area contributed by atoms with Gasteiger partial charge in [0.05, 0.1) is 5.56 Å². The van der Waals surface area contributed by atoms with Gasteiger partial charge in [0, 0.05) is 31.7 Å². The van der Waals surface area contributed by atoms with Crippen LogP contribution in [0.1, 0.15) is 48.8 Å². The summed E-state index contributed by atoms with van der Waals surface area (Å²) in [5, 5.41) is 10.8. The molecule has 0 spiro atoms. The van der Waals surface area contributed by atoms with E-state index in [1.54, 1.807) is 12.1 Å². The van der Waals surface area contributed by atoms with Crippen LogP contribution in [-0.2, 0) is 13.1 Å². The highest BCUT2D eigenvalue weighted by molar-refractivity contribution is 5.66. The van der Waals surface area contributed by atoms with Gasteiger partial charge in [-0.25, -0.2) is 9.18 Å². The first kappa shape index (κ1) is 20.8. The second-order valence-electron chi connectivity index (χ2n) is 8.29. The minimum absolute atomic E-state index is 0.0730. The zero-order valence-corrected chi connectivity index (χ0v) is 17.3. The molecule has 4 rings (SSSR count). The highest BCUT2D eigenvalue weighted by atomic mass is 19.1. The fourth-order valence-electron chi connectivity index (χ4n) is 4.33. The van der Waals surface area contributed by atoms with Gasteiger partial charge >= 0.3 is 5.63 Å². The lowest BCUT2D eigenvalue weighted by atomic mass is 9.99. The monoisotopic (exact) mass is 412 g/mol. The summed E-state index contributed by atoms with van der Waals surface area (Å²) in [5.41, 5.74) is 2.75. The predicted molar refractivity (Wildman–Crippen MR) is 115 cm³/mol. The van der Waals surface area contributed by atoms with E-state index in [1.807, 2.05) is 0 Å². The van der Waals surface area contributed by atoms with Gasteiger partial charge in [0.15, 0.2) is 0 Å². The van der Waals surface area contributed by atoms with Crippen LogP contribution in [0.15, 0.2) is 45.8 Å². The third-order valence-corrected chi connectivity index (χ3v) is 6.13. The molecule has 0 unspecified atom stereocenters. The molecule has 1 aromatic carbocycles. The highest BCUT2D eigenvalue weighted by Crippen LogP contribution is 2.27. The van der Waals surface area contributed by atoms with Crippen LogP contribution in [0.3, 0.4) is 0 Å². The SMILES string of the molecule is O=c1occ(CN2CCCCCC2)c(O)c1CN1CC=C(c2ccc(F)cc2)CC1. The number of benzene rings is 1. The third-order valence-electron chi connectivity index (χ3n) is 6.13. The van der Waals surface area contributed by atoms with Crippen LogP contribution in [-0.4, -0.2) is 41.1 Å². The van der Waals surface area contributed by atoms with E-state index in [1.165, 1.54) is 49.7 Å². The Morgan fingerprint density at radius 2 is 1.70 bits per heavy atom. The van der Waals surface area contributed by atoms with E-state index in [9.17, 15) is 14.3 Å². The molecule has 0 radical (unpaired) electrons. The van der Waals surface area contributed by atoms with Gasteiger partial charge in [-0.15, -0.1) is 0 Å². The Morgan fingerprint density at radius 1 is 0.967 bits per heavy atom. The lowest BCUT2D eigenvalue weighted by Gasteiger charge is -2.27. The molecule has 0 bridgehead atoms. The molecule has 2 aromatic rings. The average molecular weight is 413 g/mol. The van der Waals surface area contributed by atoms with Crippen LogP contribution in [0.4, 0.5) is 4.39 Å². The zero-order valence-electron chi connectivity index (χ0n) is 17.3. The first-order valence-electron chi connectivity index (χ1n) is 10.8. The molecular weight excluding hydrogens is 383 g/mol. The van der Waals surface area contributed by atoms with Gasteiger partial charge in [-0.2, -0.15) is 0 Å². The van der Waals surface area contributed by atoms with E-state index >= 15 is 0 Å². The fourth-order valence-corrected chi connectivity index (χ4v) is 4.33. The molecule has 1 aromatic heterocycles. The van der Waals surface area contributed by atoms with Crippen molar-refractivity contribution in [1.82, 2.24) is 9.80 Å². The number of nitrogens with zero attached hydrogens (tertiary/aromatic N) is 2. The van der Waals surface area contributed by atoms with E-state index in [4.69, 9.17) is 4.42 Å². The van der Waals surface area contributed by atoms with E-state index in [0.29, 0.717) is 30.8 Å². The van der Waals surface area contributed by atoms with Crippen molar-refractivity contribution in [3.63, 3.8) is 0 Å². The standard InChI is InChI=1S/C24H29FN2O3/c25-21-7-5-18(6-8-21)19-9-13-27(14-10-19)16-22-23(28)20(17-30-24(22)29)15-26-11-3-1-2-4-12-26/h5-9,17,28H,1-4,10-16H2. The van der Waals surface area contributed by atoms with Crippen molar-refractivity contribution in [2.45, 2.75) is 45.2 Å². The van der Waals surface area contributed by atoms with Crippen LogP contribution < -0.4 is 5.63 Å². The summed E-state index contributed by atoms with van der Waals surface area (Å²) >= 11 is 0. The second-order valence-corrected chi connectivity index (χ2v) is 8.29. The molecule has 0 amide bonds. The minimum atomic E-state index is -0.472. The normalized spacial score (nSPS) is 18.8. The molecule has 0 atom stereocenters. The maximum absolute atomic E-state index is 13.1. The Morgan fingerprint density at radius 3 is 2.37 bits per heavy atom. The van der Waals surface area contributed by atoms with E-state index < -0.39 is 5.63 Å². The molecule has 2 aliphatic rings. The van der Waals surface area contributed by atoms with Crippen molar-refractivity contribution < 1.29 is 13.9 Å². The topological polar surface area (TPSA) is 56.9 Å². The summed E-state index contributed by atoms with van der Waals surface area (Å²) in [6.45, 7) is 4.42. The second kappa shape index (κ2) is 9.58. The molecule has 160 valence electrons. The Balaban J connectivity index is 1.44. The van der Waals surface area contributed by atoms with Crippen LogP contribution in [0.5, 0.6) is 5.75 Å². The van der Waals surface area contributed by atoms with E-state index in [0.717, 1.165) is 31.6 Å². The van der Waals surface area contributed by atoms with Crippen molar-refractivity contribution in [3.8, 4) is 5.75 Å². The van der Waals surface area contributed by atoms with Gasteiger partial charge in [0.25, 0.3) is 0 Å². The van der Waals surface area contributed by atoms with Crippen LogP contribution in [0, 0.1) is 5.82 Å². The smallest absolute Gasteiger partial charge is 0.343 e. The van der Waals surface area contributed by atoms with E-state index in [-0.39, 0.29) is 11.6 Å². The van der Waals surface area contributed by atoms with Gasteiger partial charge < -0.3 is 9.52 Å². The molecule has 0 aliphatic carbocycles. The van der Waals surface area contributed by atoms with Gasteiger partial charge in [0.1, 0.15) is 17.8 Å². The summed E-state index contributed by atoms with van der Waals surface area (Å²) in [6, 6.07) is 6.54. The zero-order chi connectivity index (χ0) is 20.9. The first-order valence-corrected chi connectivity index (χ1v) is 10.8. The summed E-state index contributed by atoms with van der Waals surface area (Å²) in [7, 11) is 0. The van der Waals surface area contributed by atoms with E-state index in [2.05, 4.69) is 15.9 Å². The van der Waals surface area contributed by atoms with Crippen LogP contribution in [0.25, 0.3) is 5.57 Å². The molecule has 6 heteroatoms. The molecule has 1 N–H and O–H groups in total. The molecule has 1 saturated heterocycles. The Bertz CT molecular complexity index is 944. The largest absolute Gasteiger partial charge is 0.507 e. The number of aromatic hydroxyl groups is 1. The van der Waals surface area contributed by atoms with Crippen LogP contribution in [0.2, 0.25) is 0 Å². The fraction of sp³-hybridized carbons (Fsp3) is 0.458. The molecule has 3 heterocycles. The number of hydrogen-bond donors (Lipinski definition) is 1. The lowest BCUT2D eigenvalue weighted by Crippen LogP contribution is -2.30. The number of rotatable bonds is 5. The Hall–Kier alpha value is -2.44. The van der Waals surface area contributed by atoms with Crippen molar-refractivity contribution in [2.75, 3.05) is 26.2 Å². The Labute approximate surface area is 176 Å². The first-order chi connectivity index (χ1) is 14.6. The summed E-state index contributed by atoms with van der Waals surface area (Å²) in [5.74, 6) is -0.164. The summed E-state index contributed by atoms with van der Waals surface area (Å²) in [4.78, 5) is 16.8. The van der Waals surface area contributed by atoms with Crippen molar-refractivity contribution >= 4 is 5.57 Å². The van der Waals surface area contributed by atoms with Gasteiger partial charge in [-0.1, -0.05) is 31.1 Å². The average Bonchev–Trinajstić information content (AvgIpc) is 3.03. The highest BCUT2D eigenvalue weighted by Gasteiger charge is 2.21. The van der Waals surface area contributed by atoms with Crippen molar-refractivity contribution in [1.29, 1.82) is 0 Å². The Kier molecular flexibility index (Phi) is 6.65. The summed E-state index contributed by atoms with van der Waals surface area (Å²) in [6.07, 6.45) is 9.16. The van der Waals surface area contributed by atoms with Crippen molar-refractivity contribution in [3.05, 3.63) is 69.5 Å². The van der Waals surface area contributed by atoms with Gasteiger partial charge in [-0.05, 0) is 55.6 Å². The number of hydrogen-bond acceptors (Lipinski definition) is 5. The third kappa shape index (κ3) is 4.99. The molecule has 1 fully saturated rings. The molecular formula is C24H29FN2O3. The van der Waals surface area contributed by atoms with Gasteiger partial charge in [0.2, 0.25) is 0 Å². The number of halogens is 1. The maximum Gasteiger partial charge on any atom is 0.343 e. The quantitative estimate of drug-likeness (QED) is 0.800. The lowest BCUT2D eigenvalue weighted by molar-refractivity contribution is 0.261. The van der Waals surface area contributed by atoms with Gasteiger partial charge in [-0.3, -0.25) is 9.80 Å². The molecule has 2 aliphatic heterocycles. The summed E-state index contributed by atoms with van der Waals surface area (Å²) < 4.78 is 18.4. The predicted octanol–water partition coefficient (Wildman–Crippen LogP) is 4.15. The minimum Gasteiger partial charge on any atom is -0.507 e. The molecule has 5 nitrogen and oxygen atoms in total.